The molecule has 2 aromatic carbocycles. The van der Waals surface area contributed by atoms with Gasteiger partial charge in [0.05, 0.1) is 0 Å². The lowest BCUT2D eigenvalue weighted by molar-refractivity contribution is 0.730. The van der Waals surface area contributed by atoms with Gasteiger partial charge in [-0.25, -0.2) is 0 Å². The molecule has 284 valence electrons. The van der Waals surface area contributed by atoms with Crippen molar-refractivity contribution in [2.45, 2.75) is 103 Å². The molecule has 56 heavy (non-hydrogen) atoms. The summed E-state index contributed by atoms with van der Waals surface area (Å²) in [6, 6.07) is 18.2. The van der Waals surface area contributed by atoms with Gasteiger partial charge in [-0.3, -0.25) is 0 Å². The number of benzene rings is 2. The number of hydrogen-bond donors (Lipinski definition) is 0. The SMILES string of the molecule is CC/C(=C\C=C(/C)N(C1=CCC(C2=CCCCC=C2)C=C1)c1ccc(C2C=CC=CCC2)c(C2C=CC(c3ccccc3)=CC2)c1)C1=CC2=C(C=CCC2)CC1. The standard InChI is InChI=1S/C55H59N/c1-3-42(51-32-29-45-21-15-16-24-50(45)39-51)26-25-41(2)56(52-35-33-47(34-36-52)44-17-9-4-5-10-18-44)53-37-38-54(48-22-11-6-7-12-23-48)55(40-53)49-30-27-46(28-31-49)43-19-13-8-14-20-43/h6-9,11,13-15,17-22,25-28,30,33,35-40,47-49H,3-5,10,12,16,23-24,29,31-32,34H2,1-2H3/b41-25+,42-26+. The molecule has 0 heterocycles. The van der Waals surface area contributed by atoms with Gasteiger partial charge in [0.1, 0.15) is 0 Å². The Morgan fingerprint density at radius 3 is 2.41 bits per heavy atom. The lowest BCUT2D eigenvalue weighted by Crippen LogP contribution is -2.22. The zero-order valence-electron chi connectivity index (χ0n) is 33.7. The summed E-state index contributed by atoms with van der Waals surface area (Å²) in [4.78, 5) is 2.53. The van der Waals surface area contributed by atoms with Gasteiger partial charge in [-0.2, -0.15) is 0 Å². The summed E-state index contributed by atoms with van der Waals surface area (Å²) in [6.07, 6.45) is 56.6. The third-order valence-electron chi connectivity index (χ3n) is 12.6. The van der Waals surface area contributed by atoms with Gasteiger partial charge in [0.25, 0.3) is 0 Å². The van der Waals surface area contributed by atoms with Crippen LogP contribution in [0, 0.1) is 5.92 Å². The molecular weight excluding hydrogens is 675 g/mol. The Hall–Kier alpha value is -5.14. The Morgan fingerprint density at radius 1 is 0.696 bits per heavy atom. The second kappa shape index (κ2) is 18.2. The minimum Gasteiger partial charge on any atom is -0.315 e. The van der Waals surface area contributed by atoms with Crippen molar-refractivity contribution in [3.05, 3.63) is 214 Å². The molecular formula is C55H59N. The van der Waals surface area contributed by atoms with Crippen molar-refractivity contribution in [1.29, 1.82) is 0 Å². The van der Waals surface area contributed by atoms with Gasteiger partial charge in [-0.15, -0.1) is 0 Å². The molecule has 0 fully saturated rings. The number of allylic oxidation sites excluding steroid dienone is 25. The Labute approximate surface area is 337 Å². The highest BCUT2D eigenvalue weighted by atomic mass is 15.1. The summed E-state index contributed by atoms with van der Waals surface area (Å²) in [6.45, 7) is 4.63. The zero-order chi connectivity index (χ0) is 38.1. The highest BCUT2D eigenvalue weighted by Crippen LogP contribution is 2.41. The lowest BCUT2D eigenvalue weighted by atomic mass is 9.81. The van der Waals surface area contributed by atoms with Crippen molar-refractivity contribution in [1.82, 2.24) is 0 Å². The quantitative estimate of drug-likeness (QED) is 0.220. The molecule has 0 radical (unpaired) electrons. The second-order valence-electron chi connectivity index (χ2n) is 16.3. The first kappa shape index (κ1) is 37.8. The summed E-state index contributed by atoms with van der Waals surface area (Å²) >= 11 is 0. The second-order valence-corrected chi connectivity index (χ2v) is 16.3. The van der Waals surface area contributed by atoms with Crippen LogP contribution in [0.4, 0.5) is 5.69 Å². The van der Waals surface area contributed by atoms with Crippen LogP contribution in [0.3, 0.4) is 0 Å². The van der Waals surface area contributed by atoms with E-state index in [9.17, 15) is 0 Å². The fraction of sp³-hybridized carbons (Fsp3) is 0.309. The van der Waals surface area contributed by atoms with Crippen LogP contribution in [0.15, 0.2) is 197 Å². The van der Waals surface area contributed by atoms with Crippen molar-refractivity contribution in [3.63, 3.8) is 0 Å². The van der Waals surface area contributed by atoms with Crippen LogP contribution in [0.5, 0.6) is 0 Å². The van der Waals surface area contributed by atoms with Gasteiger partial charge in [0.2, 0.25) is 0 Å². The first-order valence-electron chi connectivity index (χ1n) is 21.6. The van der Waals surface area contributed by atoms with Crippen LogP contribution in [0.1, 0.15) is 119 Å². The van der Waals surface area contributed by atoms with Crippen LogP contribution >= 0.6 is 0 Å². The maximum Gasteiger partial charge on any atom is 0.0461 e. The molecule has 0 amide bonds. The fourth-order valence-electron chi connectivity index (χ4n) is 9.40. The Kier molecular flexibility index (Phi) is 12.3. The molecule has 2 aromatic rings. The molecule has 0 bridgehead atoms. The Bertz CT molecular complexity index is 2170. The number of rotatable bonds is 10. The fourth-order valence-corrected chi connectivity index (χ4v) is 9.40. The minimum atomic E-state index is 0.320. The van der Waals surface area contributed by atoms with E-state index in [1.807, 2.05) is 0 Å². The molecule has 6 aliphatic rings. The summed E-state index contributed by atoms with van der Waals surface area (Å²) < 4.78 is 0. The van der Waals surface area contributed by atoms with E-state index >= 15 is 0 Å². The van der Waals surface area contributed by atoms with Crippen LogP contribution in [-0.4, -0.2) is 0 Å². The molecule has 0 saturated carbocycles. The normalized spacial score (nSPS) is 23.9. The molecule has 8 rings (SSSR count). The first-order chi connectivity index (χ1) is 27.6. The van der Waals surface area contributed by atoms with Gasteiger partial charge in [0, 0.05) is 34.8 Å². The van der Waals surface area contributed by atoms with E-state index in [1.165, 1.54) is 81.7 Å². The molecule has 3 unspecified atom stereocenters. The van der Waals surface area contributed by atoms with Gasteiger partial charge in [-0.1, -0.05) is 141 Å². The van der Waals surface area contributed by atoms with Crippen molar-refractivity contribution in [3.8, 4) is 0 Å². The number of anilines is 1. The first-order valence-corrected chi connectivity index (χ1v) is 21.6. The molecule has 6 aliphatic carbocycles. The third-order valence-corrected chi connectivity index (χ3v) is 12.6. The predicted octanol–water partition coefficient (Wildman–Crippen LogP) is 15.3. The molecule has 0 N–H and O–H groups in total. The van der Waals surface area contributed by atoms with Crippen molar-refractivity contribution in [2.75, 3.05) is 4.90 Å². The van der Waals surface area contributed by atoms with E-state index in [1.54, 1.807) is 11.1 Å². The monoisotopic (exact) mass is 733 g/mol. The molecule has 1 heteroatoms. The highest BCUT2D eigenvalue weighted by Gasteiger charge is 2.24. The highest BCUT2D eigenvalue weighted by molar-refractivity contribution is 5.75. The summed E-state index contributed by atoms with van der Waals surface area (Å²) in [5.41, 5.74) is 16.8. The molecule has 0 saturated heterocycles. The van der Waals surface area contributed by atoms with Crippen molar-refractivity contribution >= 4 is 11.3 Å². The zero-order valence-corrected chi connectivity index (χ0v) is 33.7. The largest absolute Gasteiger partial charge is 0.315 e. The lowest BCUT2D eigenvalue weighted by Gasteiger charge is -2.32. The molecule has 0 aromatic heterocycles. The average molecular weight is 734 g/mol. The summed E-state index contributed by atoms with van der Waals surface area (Å²) in [5, 5.41) is 0. The Balaban J connectivity index is 1.17. The van der Waals surface area contributed by atoms with E-state index in [2.05, 4.69) is 177 Å². The molecule has 0 spiro atoms. The van der Waals surface area contributed by atoms with Crippen LogP contribution in [0.25, 0.3) is 5.57 Å². The van der Waals surface area contributed by atoms with Crippen LogP contribution < -0.4 is 4.90 Å². The van der Waals surface area contributed by atoms with Crippen LogP contribution in [-0.2, 0) is 0 Å². The van der Waals surface area contributed by atoms with E-state index in [4.69, 9.17) is 0 Å². The maximum atomic E-state index is 2.53. The van der Waals surface area contributed by atoms with E-state index < -0.39 is 0 Å². The summed E-state index contributed by atoms with van der Waals surface area (Å²) in [5.74, 6) is 1.15. The minimum absolute atomic E-state index is 0.320. The smallest absolute Gasteiger partial charge is 0.0461 e. The van der Waals surface area contributed by atoms with Crippen LogP contribution in [0.2, 0.25) is 0 Å². The van der Waals surface area contributed by atoms with E-state index in [-0.39, 0.29) is 0 Å². The van der Waals surface area contributed by atoms with Crippen molar-refractivity contribution < 1.29 is 0 Å². The van der Waals surface area contributed by atoms with Gasteiger partial charge in [-0.05, 0) is 158 Å². The molecule has 3 atom stereocenters. The average Bonchev–Trinajstić information content (AvgIpc) is 3.71. The van der Waals surface area contributed by atoms with Gasteiger partial charge in [0.15, 0.2) is 0 Å². The Morgan fingerprint density at radius 2 is 1.57 bits per heavy atom. The molecule has 0 aliphatic heterocycles. The van der Waals surface area contributed by atoms with Gasteiger partial charge < -0.3 is 4.90 Å². The van der Waals surface area contributed by atoms with Gasteiger partial charge >= 0.3 is 0 Å². The third kappa shape index (κ3) is 8.79. The number of nitrogens with zero attached hydrogens (tertiary/aromatic N) is 1. The van der Waals surface area contributed by atoms with Crippen molar-refractivity contribution in [2.24, 2.45) is 5.92 Å². The summed E-state index contributed by atoms with van der Waals surface area (Å²) in [7, 11) is 0. The topological polar surface area (TPSA) is 3.24 Å². The molecule has 1 nitrogen and oxygen atoms in total. The maximum absolute atomic E-state index is 2.53. The number of hydrogen-bond acceptors (Lipinski definition) is 1. The van der Waals surface area contributed by atoms with E-state index in [0.717, 1.165) is 51.4 Å². The predicted molar refractivity (Wildman–Crippen MR) is 241 cm³/mol. The van der Waals surface area contributed by atoms with E-state index in [0.29, 0.717) is 17.8 Å².